The van der Waals surface area contributed by atoms with Crippen molar-refractivity contribution in [2.75, 3.05) is 6.54 Å². The molecule has 0 aromatic carbocycles. The van der Waals surface area contributed by atoms with Gasteiger partial charge in [0.25, 0.3) is 0 Å². The molecule has 1 aliphatic rings. The van der Waals surface area contributed by atoms with E-state index in [9.17, 15) is 9.59 Å². The zero-order chi connectivity index (χ0) is 14.5. The molecule has 0 radical (unpaired) electrons. The number of hydrogen-bond donors (Lipinski definition) is 2. The molecule has 0 heterocycles. The summed E-state index contributed by atoms with van der Waals surface area (Å²) in [6, 6.07) is -0.165. The van der Waals surface area contributed by atoms with Gasteiger partial charge in [0.1, 0.15) is 6.54 Å². The molecule has 1 fully saturated rings. The van der Waals surface area contributed by atoms with Gasteiger partial charge in [-0.3, -0.25) is 4.79 Å². The van der Waals surface area contributed by atoms with Crippen molar-refractivity contribution in [2.24, 2.45) is 0 Å². The molecule has 0 bridgehead atoms. The van der Waals surface area contributed by atoms with Gasteiger partial charge in [0.05, 0.1) is 0 Å². The smallest absolute Gasteiger partial charge is 0.323 e. The van der Waals surface area contributed by atoms with E-state index in [2.05, 4.69) is 12.2 Å². The minimum atomic E-state index is -0.949. The second kappa shape index (κ2) is 6.78. The Kier molecular flexibility index (Phi) is 5.63. The van der Waals surface area contributed by atoms with E-state index < -0.39 is 5.97 Å². The van der Waals surface area contributed by atoms with Crippen LogP contribution < -0.4 is 5.32 Å². The van der Waals surface area contributed by atoms with Gasteiger partial charge in [-0.2, -0.15) is 0 Å². The van der Waals surface area contributed by atoms with Crippen LogP contribution in [0, 0.1) is 0 Å². The molecule has 0 spiro atoms. The van der Waals surface area contributed by atoms with Crippen molar-refractivity contribution >= 4 is 12.0 Å². The van der Waals surface area contributed by atoms with Crippen molar-refractivity contribution in [3.05, 3.63) is 0 Å². The number of hydrogen-bond acceptors (Lipinski definition) is 2. The van der Waals surface area contributed by atoms with Gasteiger partial charge < -0.3 is 15.3 Å². The van der Waals surface area contributed by atoms with E-state index in [1.807, 2.05) is 13.8 Å². The quantitative estimate of drug-likeness (QED) is 0.779. The fourth-order valence-electron chi connectivity index (χ4n) is 2.78. The molecule has 0 atom stereocenters. The van der Waals surface area contributed by atoms with Crippen LogP contribution in [0.2, 0.25) is 0 Å². The lowest BCUT2D eigenvalue weighted by Gasteiger charge is -2.33. The second-order valence-electron chi connectivity index (χ2n) is 6.02. The van der Waals surface area contributed by atoms with Crippen molar-refractivity contribution in [3.63, 3.8) is 0 Å². The van der Waals surface area contributed by atoms with Crippen LogP contribution in [0.1, 0.15) is 59.3 Å². The third kappa shape index (κ3) is 5.09. The van der Waals surface area contributed by atoms with Crippen LogP contribution in [-0.2, 0) is 4.79 Å². The maximum Gasteiger partial charge on any atom is 0.323 e. The number of aliphatic carboxylic acids is 1. The number of carboxylic acid groups (broad SMARTS) is 1. The zero-order valence-electron chi connectivity index (χ0n) is 12.2. The van der Waals surface area contributed by atoms with Crippen LogP contribution in [0.25, 0.3) is 0 Å². The summed E-state index contributed by atoms with van der Waals surface area (Å²) in [6.45, 7) is 5.81. The summed E-state index contributed by atoms with van der Waals surface area (Å²) in [5, 5.41) is 11.9. The molecule has 5 nitrogen and oxygen atoms in total. The minimum Gasteiger partial charge on any atom is -0.480 e. The molecule has 1 saturated carbocycles. The van der Waals surface area contributed by atoms with Gasteiger partial charge in [-0.05, 0) is 33.1 Å². The van der Waals surface area contributed by atoms with Gasteiger partial charge in [-0.15, -0.1) is 0 Å². The maximum absolute atomic E-state index is 12.3. The Hall–Kier alpha value is -1.26. The summed E-state index contributed by atoms with van der Waals surface area (Å²) >= 11 is 0. The molecule has 0 aliphatic heterocycles. The Morgan fingerprint density at radius 3 is 2.37 bits per heavy atom. The van der Waals surface area contributed by atoms with E-state index >= 15 is 0 Å². The van der Waals surface area contributed by atoms with Gasteiger partial charge in [0.2, 0.25) is 0 Å². The lowest BCUT2D eigenvalue weighted by Crippen LogP contribution is -2.53. The largest absolute Gasteiger partial charge is 0.480 e. The average molecular weight is 270 g/mol. The van der Waals surface area contributed by atoms with Crippen LogP contribution in [-0.4, -0.2) is 40.1 Å². The summed E-state index contributed by atoms with van der Waals surface area (Å²) in [5.74, 6) is -0.949. The fraction of sp³-hybridized carbons (Fsp3) is 0.857. The minimum absolute atomic E-state index is 0.0773. The van der Waals surface area contributed by atoms with E-state index in [-0.39, 0.29) is 24.2 Å². The molecule has 1 rings (SSSR count). The summed E-state index contributed by atoms with van der Waals surface area (Å²) in [7, 11) is 0. The molecule has 19 heavy (non-hydrogen) atoms. The van der Waals surface area contributed by atoms with Crippen LogP contribution >= 0.6 is 0 Å². The first-order valence-electron chi connectivity index (χ1n) is 7.16. The Labute approximate surface area is 115 Å². The first-order chi connectivity index (χ1) is 8.85. The average Bonchev–Trinajstić information content (AvgIpc) is 2.77. The van der Waals surface area contributed by atoms with Crippen molar-refractivity contribution < 1.29 is 14.7 Å². The number of carbonyl (C=O) groups excluding carboxylic acids is 1. The van der Waals surface area contributed by atoms with Crippen molar-refractivity contribution in [2.45, 2.75) is 70.9 Å². The number of amides is 2. The normalized spacial score (nSPS) is 16.4. The van der Waals surface area contributed by atoms with Crippen LogP contribution in [0.15, 0.2) is 0 Å². The monoisotopic (exact) mass is 270 g/mol. The van der Waals surface area contributed by atoms with E-state index in [1.54, 1.807) is 0 Å². The summed E-state index contributed by atoms with van der Waals surface area (Å²) in [4.78, 5) is 24.7. The highest BCUT2D eigenvalue weighted by Crippen LogP contribution is 2.24. The maximum atomic E-state index is 12.3. The first kappa shape index (κ1) is 15.8. The van der Waals surface area contributed by atoms with E-state index in [0.717, 1.165) is 38.5 Å². The molecule has 0 saturated heterocycles. The number of carboxylic acids is 1. The van der Waals surface area contributed by atoms with Gasteiger partial charge in [-0.25, -0.2) is 4.79 Å². The number of rotatable bonds is 6. The van der Waals surface area contributed by atoms with Crippen molar-refractivity contribution in [1.29, 1.82) is 0 Å². The van der Waals surface area contributed by atoms with Crippen LogP contribution in [0.3, 0.4) is 0 Å². The van der Waals surface area contributed by atoms with Gasteiger partial charge in [0.15, 0.2) is 0 Å². The molecule has 0 aromatic heterocycles. The molecule has 0 unspecified atom stereocenters. The summed E-state index contributed by atoms with van der Waals surface area (Å²) in [6.07, 6.45) is 5.84. The van der Waals surface area contributed by atoms with Gasteiger partial charge in [-0.1, -0.05) is 26.2 Å². The van der Waals surface area contributed by atoms with E-state index in [1.165, 1.54) is 4.90 Å². The lowest BCUT2D eigenvalue weighted by molar-refractivity contribution is -0.138. The zero-order valence-corrected chi connectivity index (χ0v) is 12.2. The number of urea groups is 1. The Morgan fingerprint density at radius 2 is 1.89 bits per heavy atom. The predicted octanol–water partition coefficient (Wildman–Crippen LogP) is 2.60. The molecule has 2 N–H and O–H groups in total. The van der Waals surface area contributed by atoms with Gasteiger partial charge in [0, 0.05) is 11.6 Å². The highest BCUT2D eigenvalue weighted by molar-refractivity contribution is 5.80. The lowest BCUT2D eigenvalue weighted by atomic mass is 9.99. The number of nitrogens with one attached hydrogen (secondary N) is 1. The molecule has 5 heteroatoms. The van der Waals surface area contributed by atoms with Gasteiger partial charge >= 0.3 is 12.0 Å². The molecule has 0 aromatic rings. The highest BCUT2D eigenvalue weighted by Gasteiger charge is 2.31. The number of carbonyl (C=O) groups is 2. The number of nitrogens with zero attached hydrogens (tertiary/aromatic N) is 1. The SMILES string of the molecule is CCCC(C)(C)NC(=O)N(CC(=O)O)C1CCCC1. The Balaban J connectivity index is 2.68. The third-order valence-corrected chi connectivity index (χ3v) is 3.65. The molecular weight excluding hydrogens is 244 g/mol. The standard InChI is InChI=1S/C14H26N2O3/c1-4-9-14(2,3)15-13(19)16(10-12(17)18)11-7-5-6-8-11/h11H,4-10H2,1-3H3,(H,15,19)(H,17,18). The third-order valence-electron chi connectivity index (χ3n) is 3.65. The predicted molar refractivity (Wildman–Crippen MR) is 74.1 cm³/mol. The molecule has 2 amide bonds. The summed E-state index contributed by atoms with van der Waals surface area (Å²) < 4.78 is 0. The fourth-order valence-corrected chi connectivity index (χ4v) is 2.78. The van der Waals surface area contributed by atoms with E-state index in [4.69, 9.17) is 5.11 Å². The summed E-state index contributed by atoms with van der Waals surface area (Å²) in [5.41, 5.74) is -0.290. The second-order valence-corrected chi connectivity index (χ2v) is 6.02. The van der Waals surface area contributed by atoms with Crippen LogP contribution in [0.4, 0.5) is 4.79 Å². The highest BCUT2D eigenvalue weighted by atomic mass is 16.4. The molecular formula is C14H26N2O3. The van der Waals surface area contributed by atoms with Crippen molar-refractivity contribution in [1.82, 2.24) is 10.2 Å². The topological polar surface area (TPSA) is 69.6 Å². The van der Waals surface area contributed by atoms with Crippen LogP contribution in [0.5, 0.6) is 0 Å². The Morgan fingerprint density at radius 1 is 1.32 bits per heavy atom. The Bertz CT molecular complexity index is 323. The van der Waals surface area contributed by atoms with Crippen molar-refractivity contribution in [3.8, 4) is 0 Å². The molecule has 1 aliphatic carbocycles. The first-order valence-corrected chi connectivity index (χ1v) is 7.16. The molecule has 110 valence electrons. The van der Waals surface area contributed by atoms with E-state index in [0.29, 0.717) is 0 Å².